The van der Waals surface area contributed by atoms with E-state index in [9.17, 15) is 0 Å². The molecule has 1 aliphatic rings. The quantitative estimate of drug-likeness (QED) is 0.640. The van der Waals surface area contributed by atoms with Crippen molar-refractivity contribution in [2.75, 3.05) is 20.8 Å². The van der Waals surface area contributed by atoms with Gasteiger partial charge in [0.05, 0.1) is 0 Å². The van der Waals surface area contributed by atoms with E-state index >= 15 is 0 Å². The zero-order valence-corrected chi connectivity index (χ0v) is 10.3. The zero-order valence-electron chi connectivity index (χ0n) is 8.35. The summed E-state index contributed by atoms with van der Waals surface area (Å²) in [5.74, 6) is 0. The Balaban J connectivity index is 2.81. The van der Waals surface area contributed by atoms with E-state index in [1.54, 1.807) is 14.2 Å². The number of hydrogen-bond donors (Lipinski definition) is 0. The van der Waals surface area contributed by atoms with Crippen molar-refractivity contribution in [3.8, 4) is 0 Å². The fraction of sp³-hybridized carbons (Fsp3) is 1.00. The smallest absolute Gasteiger partial charge is 0.348 e. The Labute approximate surface area is 76.2 Å². The van der Waals surface area contributed by atoms with Crippen molar-refractivity contribution in [3.05, 3.63) is 0 Å². The van der Waals surface area contributed by atoms with E-state index in [1.165, 1.54) is 0 Å². The molecule has 0 N–H and O–H groups in total. The topological polar surface area (TPSA) is 27.7 Å². The normalized spacial score (nSPS) is 27.0. The molecule has 1 aliphatic heterocycles. The molecule has 72 valence electrons. The lowest BCUT2D eigenvalue weighted by molar-refractivity contribution is 0.215. The molecule has 12 heavy (non-hydrogen) atoms. The lowest BCUT2D eigenvalue weighted by Crippen LogP contribution is -2.66. The van der Waals surface area contributed by atoms with E-state index in [0.29, 0.717) is 0 Å². The van der Waals surface area contributed by atoms with Crippen LogP contribution in [0.25, 0.3) is 0 Å². The predicted molar refractivity (Wildman–Crippen MR) is 52.6 cm³/mol. The summed E-state index contributed by atoms with van der Waals surface area (Å²) in [6.45, 7) is 5.29. The molecule has 1 saturated heterocycles. The Hall–Kier alpha value is 0.314. The summed E-state index contributed by atoms with van der Waals surface area (Å²) in [5, 5.41) is 0. The molecule has 1 fully saturated rings. The first-order valence-corrected chi connectivity index (χ1v) is 10.3. The van der Waals surface area contributed by atoms with Crippen LogP contribution in [0.15, 0.2) is 0 Å². The van der Waals surface area contributed by atoms with Crippen molar-refractivity contribution in [2.45, 2.75) is 25.6 Å². The fourth-order valence-corrected chi connectivity index (χ4v) is 11.7. The van der Waals surface area contributed by atoms with Gasteiger partial charge in [-0.2, -0.15) is 0 Å². The van der Waals surface area contributed by atoms with E-state index in [1.807, 2.05) is 0 Å². The van der Waals surface area contributed by atoms with Crippen LogP contribution in [0.5, 0.6) is 0 Å². The van der Waals surface area contributed by atoms with Crippen LogP contribution in [0.4, 0.5) is 0 Å². The van der Waals surface area contributed by atoms with Crippen LogP contribution in [0.3, 0.4) is 0 Å². The maximum atomic E-state index is 5.81. The average molecular weight is 206 g/mol. The second-order valence-electron chi connectivity index (χ2n) is 3.62. The Morgan fingerprint density at radius 3 is 2.08 bits per heavy atom. The maximum Gasteiger partial charge on any atom is 0.348 e. The second-order valence-corrected chi connectivity index (χ2v) is 15.7. The Bertz CT molecular complexity index is 157. The van der Waals surface area contributed by atoms with Crippen molar-refractivity contribution in [1.82, 2.24) is 0 Å². The molecule has 0 atom stereocenters. The molecule has 0 aromatic rings. The van der Waals surface area contributed by atoms with Gasteiger partial charge in [-0.25, -0.2) is 0 Å². The fourth-order valence-electron chi connectivity index (χ4n) is 1.82. The van der Waals surface area contributed by atoms with Gasteiger partial charge in [0.25, 0.3) is 0 Å². The van der Waals surface area contributed by atoms with Gasteiger partial charge in [0.2, 0.25) is 7.83 Å². The van der Waals surface area contributed by atoms with E-state index in [4.69, 9.17) is 13.3 Å². The molecule has 0 unspecified atom stereocenters. The van der Waals surface area contributed by atoms with Crippen LogP contribution < -0.4 is 0 Å². The largest absolute Gasteiger partial charge is 0.414 e. The van der Waals surface area contributed by atoms with E-state index in [2.05, 4.69) is 13.1 Å². The molecule has 3 nitrogen and oxygen atoms in total. The number of rotatable bonds is 2. The minimum absolute atomic E-state index is 0.890. The first-order valence-electron chi connectivity index (χ1n) is 4.32. The van der Waals surface area contributed by atoms with Gasteiger partial charge in [-0.3, -0.25) is 0 Å². The summed E-state index contributed by atoms with van der Waals surface area (Å²) in [5.41, 5.74) is 0. The maximum absolute atomic E-state index is 5.81. The third kappa shape index (κ3) is 1.51. The summed E-state index contributed by atoms with van der Waals surface area (Å²) in [7, 11) is -0.0912. The molecule has 0 saturated carbocycles. The molecule has 0 aromatic heterocycles. The van der Waals surface area contributed by atoms with Gasteiger partial charge in [0.1, 0.15) is 0 Å². The van der Waals surface area contributed by atoms with Crippen molar-refractivity contribution in [1.29, 1.82) is 0 Å². The molecule has 0 bridgehead atoms. The highest BCUT2D eigenvalue weighted by molar-refractivity contribution is 7.34. The molecule has 1 rings (SSSR count). The highest BCUT2D eigenvalue weighted by Gasteiger charge is 2.56. The summed E-state index contributed by atoms with van der Waals surface area (Å²) >= 11 is 0. The third-order valence-corrected chi connectivity index (χ3v) is 15.7. The van der Waals surface area contributed by atoms with Gasteiger partial charge in [-0.1, -0.05) is 0 Å². The molecule has 0 aliphatic carbocycles. The van der Waals surface area contributed by atoms with Crippen LogP contribution in [0, 0.1) is 0 Å². The highest BCUT2D eigenvalue weighted by Crippen LogP contribution is 2.31. The summed E-state index contributed by atoms with van der Waals surface area (Å²) in [6, 6.07) is 1.10. The molecule has 0 spiro atoms. The van der Waals surface area contributed by atoms with Crippen LogP contribution in [-0.2, 0) is 13.3 Å². The van der Waals surface area contributed by atoms with Gasteiger partial charge >= 0.3 is 8.08 Å². The van der Waals surface area contributed by atoms with Crippen LogP contribution >= 0.6 is 0 Å². The first-order chi connectivity index (χ1) is 5.58. The molecule has 0 aromatic carbocycles. The predicted octanol–water partition coefficient (Wildman–Crippen LogP) is 1.43. The monoisotopic (exact) mass is 206 g/mol. The van der Waals surface area contributed by atoms with Crippen LogP contribution in [0.2, 0.25) is 19.1 Å². The summed E-state index contributed by atoms with van der Waals surface area (Å²) < 4.78 is 17.0. The third-order valence-electron chi connectivity index (χ3n) is 2.69. The molecular formula is C7H18O3Si2. The molecule has 0 amide bonds. The van der Waals surface area contributed by atoms with Crippen LogP contribution in [-0.4, -0.2) is 36.7 Å². The van der Waals surface area contributed by atoms with E-state index < -0.39 is 15.9 Å². The summed E-state index contributed by atoms with van der Waals surface area (Å²) in [6.07, 6.45) is 1.09. The van der Waals surface area contributed by atoms with E-state index in [0.717, 1.165) is 19.1 Å². The van der Waals surface area contributed by atoms with Crippen molar-refractivity contribution >= 4 is 15.9 Å². The SMILES string of the molecule is CO[Si]1(OC)CCCO[Si]1(C)C. The lowest BCUT2D eigenvalue weighted by Gasteiger charge is -2.42. The highest BCUT2D eigenvalue weighted by atomic mass is 29.3. The lowest BCUT2D eigenvalue weighted by atomic mass is 10.5. The molecule has 1 heterocycles. The van der Waals surface area contributed by atoms with Crippen molar-refractivity contribution in [2.24, 2.45) is 0 Å². The van der Waals surface area contributed by atoms with E-state index in [-0.39, 0.29) is 0 Å². The molecular weight excluding hydrogens is 188 g/mol. The van der Waals surface area contributed by atoms with Gasteiger partial charge in [-0.15, -0.1) is 0 Å². The minimum atomic E-state index is -1.94. The van der Waals surface area contributed by atoms with Crippen molar-refractivity contribution in [3.63, 3.8) is 0 Å². The average Bonchev–Trinajstić information content (AvgIpc) is 2.05. The second kappa shape index (κ2) is 3.59. The van der Waals surface area contributed by atoms with Crippen LogP contribution in [0.1, 0.15) is 6.42 Å². The van der Waals surface area contributed by atoms with Gasteiger partial charge in [0, 0.05) is 20.8 Å². The zero-order chi connectivity index (χ0) is 9.24. The molecule has 5 heteroatoms. The van der Waals surface area contributed by atoms with Gasteiger partial charge < -0.3 is 13.3 Å². The Kier molecular flexibility index (Phi) is 3.11. The van der Waals surface area contributed by atoms with Gasteiger partial charge in [-0.05, 0) is 25.6 Å². The minimum Gasteiger partial charge on any atom is -0.414 e. The Morgan fingerprint density at radius 1 is 1.17 bits per heavy atom. The Morgan fingerprint density at radius 2 is 1.75 bits per heavy atom. The summed E-state index contributed by atoms with van der Waals surface area (Å²) in [4.78, 5) is 0. The first kappa shape index (κ1) is 10.4. The molecule has 0 radical (unpaired) electrons. The standard InChI is InChI=1S/C7H18O3Si2/c1-8-12(9-2)7-5-6-10-11(12,3)4/h5-7H2,1-4H3. The van der Waals surface area contributed by atoms with Crippen molar-refractivity contribution < 1.29 is 13.3 Å². The van der Waals surface area contributed by atoms with Gasteiger partial charge in [0.15, 0.2) is 0 Å². The number of hydrogen-bond acceptors (Lipinski definition) is 3.